The van der Waals surface area contributed by atoms with Crippen LogP contribution in [0.2, 0.25) is 0 Å². The monoisotopic (exact) mass is 447 g/mol. The van der Waals surface area contributed by atoms with Gasteiger partial charge in [-0.25, -0.2) is 0 Å². The minimum absolute atomic E-state index is 0.113. The van der Waals surface area contributed by atoms with Crippen LogP contribution in [0.5, 0.6) is 0 Å². The maximum absolute atomic E-state index is 12.3. The van der Waals surface area contributed by atoms with Crippen LogP contribution in [0.25, 0.3) is 11.1 Å². The Bertz CT molecular complexity index is 1150. The summed E-state index contributed by atoms with van der Waals surface area (Å²) >= 11 is 0. The molecule has 9 nitrogen and oxygen atoms in total. The molecule has 0 heterocycles. The zero-order chi connectivity index (χ0) is 23.8. The second-order valence-electron chi connectivity index (χ2n) is 7.05. The number of anilines is 1. The van der Waals surface area contributed by atoms with Crippen LogP contribution in [0.3, 0.4) is 0 Å². The molecule has 9 heteroatoms. The highest BCUT2D eigenvalue weighted by Gasteiger charge is 2.19. The average molecular weight is 447 g/mol. The van der Waals surface area contributed by atoms with Crippen molar-refractivity contribution in [2.24, 2.45) is 0 Å². The Balaban J connectivity index is 1.46. The van der Waals surface area contributed by atoms with Gasteiger partial charge in [-0.3, -0.25) is 24.5 Å². The van der Waals surface area contributed by atoms with Crippen molar-refractivity contribution in [3.8, 4) is 11.1 Å². The molecule has 0 saturated heterocycles. The third-order valence-electron chi connectivity index (χ3n) is 4.67. The number of nitro groups is 1. The lowest BCUT2D eigenvalue weighted by atomic mass is 10.0. The fourth-order valence-electron chi connectivity index (χ4n) is 2.90. The molecule has 1 unspecified atom stereocenters. The standard InChI is InChI=1S/C24H21N3O6/c1-16(23(29)26-20-11-13-21(14-12-20)27(31)32)33-22(28)15-25-24(30)19-9-7-18(8-10-19)17-5-3-2-4-6-17/h2-14,16H,15H2,1H3,(H,25,30)(H,26,29). The van der Waals surface area contributed by atoms with Gasteiger partial charge in [0.25, 0.3) is 17.5 Å². The zero-order valence-electron chi connectivity index (χ0n) is 17.7. The topological polar surface area (TPSA) is 128 Å². The molecule has 0 spiro atoms. The summed E-state index contributed by atoms with van der Waals surface area (Å²) in [6.07, 6.45) is -1.13. The van der Waals surface area contributed by atoms with Gasteiger partial charge in [0.15, 0.2) is 6.10 Å². The molecule has 0 aromatic heterocycles. The van der Waals surface area contributed by atoms with Crippen LogP contribution < -0.4 is 10.6 Å². The van der Waals surface area contributed by atoms with E-state index in [-0.39, 0.29) is 5.69 Å². The van der Waals surface area contributed by atoms with Gasteiger partial charge in [-0.2, -0.15) is 0 Å². The van der Waals surface area contributed by atoms with Crippen molar-refractivity contribution in [1.29, 1.82) is 0 Å². The van der Waals surface area contributed by atoms with E-state index in [9.17, 15) is 24.5 Å². The number of nitro benzene ring substituents is 1. The second kappa shape index (κ2) is 10.7. The highest BCUT2D eigenvalue weighted by atomic mass is 16.6. The van der Waals surface area contributed by atoms with Gasteiger partial charge < -0.3 is 15.4 Å². The lowest BCUT2D eigenvalue weighted by Gasteiger charge is -2.14. The summed E-state index contributed by atoms with van der Waals surface area (Å²) in [6, 6.07) is 21.9. The smallest absolute Gasteiger partial charge is 0.326 e. The Labute approximate surface area is 189 Å². The molecule has 33 heavy (non-hydrogen) atoms. The van der Waals surface area contributed by atoms with Crippen LogP contribution in [0, 0.1) is 10.1 Å². The Morgan fingerprint density at radius 3 is 2.12 bits per heavy atom. The Hall–Kier alpha value is -4.53. The lowest BCUT2D eigenvalue weighted by Crippen LogP contribution is -2.35. The molecule has 3 rings (SSSR count). The van der Waals surface area contributed by atoms with Crippen molar-refractivity contribution in [3.63, 3.8) is 0 Å². The first-order valence-corrected chi connectivity index (χ1v) is 10.0. The van der Waals surface area contributed by atoms with E-state index in [4.69, 9.17) is 4.74 Å². The van der Waals surface area contributed by atoms with Crippen LogP contribution in [0.4, 0.5) is 11.4 Å². The summed E-state index contributed by atoms with van der Waals surface area (Å²) in [4.78, 5) is 46.6. The molecule has 3 aromatic carbocycles. The second-order valence-corrected chi connectivity index (χ2v) is 7.05. The molecule has 0 aliphatic rings. The minimum atomic E-state index is -1.13. The third kappa shape index (κ3) is 6.47. The average Bonchev–Trinajstić information content (AvgIpc) is 2.83. The van der Waals surface area contributed by atoms with Crippen molar-refractivity contribution in [2.45, 2.75) is 13.0 Å². The van der Waals surface area contributed by atoms with Gasteiger partial charge in [0.05, 0.1) is 4.92 Å². The molecule has 0 aliphatic carbocycles. The summed E-state index contributed by atoms with van der Waals surface area (Å²) in [5, 5.41) is 15.6. The largest absolute Gasteiger partial charge is 0.451 e. The molecule has 0 bridgehead atoms. The maximum atomic E-state index is 12.3. The zero-order valence-corrected chi connectivity index (χ0v) is 17.7. The highest BCUT2D eigenvalue weighted by molar-refractivity contribution is 5.97. The Morgan fingerprint density at radius 1 is 0.909 bits per heavy atom. The van der Waals surface area contributed by atoms with E-state index in [1.165, 1.54) is 31.2 Å². The Kier molecular flexibility index (Phi) is 7.48. The summed E-state index contributed by atoms with van der Waals surface area (Å²) in [5.74, 6) is -1.84. The predicted molar refractivity (Wildman–Crippen MR) is 121 cm³/mol. The van der Waals surface area contributed by atoms with Crippen molar-refractivity contribution in [2.75, 3.05) is 11.9 Å². The number of amides is 2. The van der Waals surface area contributed by atoms with Crippen LogP contribution in [0.15, 0.2) is 78.9 Å². The van der Waals surface area contributed by atoms with E-state index in [0.717, 1.165) is 11.1 Å². The normalized spacial score (nSPS) is 11.2. The van der Waals surface area contributed by atoms with Crippen LogP contribution in [-0.4, -0.2) is 35.4 Å². The van der Waals surface area contributed by atoms with E-state index < -0.39 is 35.4 Å². The number of nitrogens with zero attached hydrogens (tertiary/aromatic N) is 1. The van der Waals surface area contributed by atoms with Gasteiger partial charge >= 0.3 is 5.97 Å². The van der Waals surface area contributed by atoms with Crippen LogP contribution in [-0.2, 0) is 14.3 Å². The number of non-ortho nitro benzene ring substituents is 1. The summed E-state index contributed by atoms with van der Waals surface area (Å²) < 4.78 is 5.04. The number of carbonyl (C=O) groups is 3. The van der Waals surface area contributed by atoms with Crippen molar-refractivity contribution in [3.05, 3.63) is 94.5 Å². The molecule has 2 amide bonds. The third-order valence-corrected chi connectivity index (χ3v) is 4.67. The molecule has 0 fully saturated rings. The Morgan fingerprint density at radius 2 is 1.52 bits per heavy atom. The van der Waals surface area contributed by atoms with Gasteiger partial charge in [-0.1, -0.05) is 42.5 Å². The first-order chi connectivity index (χ1) is 15.8. The SMILES string of the molecule is CC(OC(=O)CNC(=O)c1ccc(-c2ccccc2)cc1)C(=O)Nc1ccc([N+](=O)[O-])cc1. The molecule has 0 radical (unpaired) electrons. The lowest BCUT2D eigenvalue weighted by molar-refractivity contribution is -0.384. The predicted octanol–water partition coefficient (Wildman–Crippen LogP) is 3.56. The van der Waals surface area contributed by atoms with Gasteiger partial charge in [0, 0.05) is 23.4 Å². The van der Waals surface area contributed by atoms with Crippen LogP contribution in [0.1, 0.15) is 17.3 Å². The summed E-state index contributed by atoms with van der Waals surface area (Å²) in [7, 11) is 0. The summed E-state index contributed by atoms with van der Waals surface area (Å²) in [6.45, 7) is 0.969. The van der Waals surface area contributed by atoms with Gasteiger partial charge in [0.2, 0.25) is 0 Å². The fourth-order valence-corrected chi connectivity index (χ4v) is 2.90. The number of carbonyl (C=O) groups excluding carboxylic acids is 3. The molecule has 0 aliphatic heterocycles. The minimum Gasteiger partial charge on any atom is -0.451 e. The van der Waals surface area contributed by atoms with E-state index in [1.807, 2.05) is 42.5 Å². The van der Waals surface area contributed by atoms with E-state index in [2.05, 4.69) is 10.6 Å². The van der Waals surface area contributed by atoms with E-state index in [1.54, 1.807) is 12.1 Å². The van der Waals surface area contributed by atoms with Crippen LogP contribution >= 0.6 is 0 Å². The maximum Gasteiger partial charge on any atom is 0.326 e. The number of esters is 1. The number of ether oxygens (including phenoxy) is 1. The number of hydrogen-bond donors (Lipinski definition) is 2. The first-order valence-electron chi connectivity index (χ1n) is 10.0. The van der Waals surface area contributed by atoms with E-state index in [0.29, 0.717) is 11.3 Å². The molecule has 1 atom stereocenters. The fraction of sp³-hybridized carbons (Fsp3) is 0.125. The molecular weight excluding hydrogens is 426 g/mol. The number of benzene rings is 3. The number of hydrogen-bond acceptors (Lipinski definition) is 6. The quantitative estimate of drug-likeness (QED) is 0.309. The van der Waals surface area contributed by atoms with E-state index >= 15 is 0 Å². The van der Waals surface area contributed by atoms with Gasteiger partial charge in [0.1, 0.15) is 6.54 Å². The van der Waals surface area contributed by atoms with Gasteiger partial charge in [-0.05, 0) is 42.3 Å². The highest BCUT2D eigenvalue weighted by Crippen LogP contribution is 2.19. The molecular formula is C24H21N3O6. The molecule has 2 N–H and O–H groups in total. The molecule has 168 valence electrons. The number of nitrogens with one attached hydrogen (secondary N) is 2. The molecule has 3 aromatic rings. The van der Waals surface area contributed by atoms with Crippen molar-refractivity contribution < 1.29 is 24.0 Å². The van der Waals surface area contributed by atoms with Crippen molar-refractivity contribution in [1.82, 2.24) is 5.32 Å². The van der Waals surface area contributed by atoms with Crippen molar-refractivity contribution >= 4 is 29.2 Å². The van der Waals surface area contributed by atoms with Gasteiger partial charge in [-0.15, -0.1) is 0 Å². The summed E-state index contributed by atoms with van der Waals surface area (Å²) in [5.41, 5.74) is 2.57. The molecule has 0 saturated carbocycles. The first kappa shape index (κ1) is 23.1. The number of rotatable bonds is 8.